The molecule has 2 aromatic rings. The predicted octanol–water partition coefficient (Wildman–Crippen LogP) is 4.94. The van der Waals surface area contributed by atoms with Gasteiger partial charge in [0.15, 0.2) is 11.5 Å². The van der Waals surface area contributed by atoms with Crippen LogP contribution in [0.2, 0.25) is 0 Å². The molecule has 190 valence electrons. The van der Waals surface area contributed by atoms with Gasteiger partial charge in [-0.1, -0.05) is 62.6 Å². The zero-order valence-electron chi connectivity index (χ0n) is 21.4. The molecule has 0 unspecified atom stereocenters. The molecule has 2 aromatic carbocycles. The van der Waals surface area contributed by atoms with Crippen molar-refractivity contribution < 1.29 is 19.1 Å². The van der Waals surface area contributed by atoms with Crippen LogP contribution in [-0.2, 0) is 22.4 Å². The van der Waals surface area contributed by atoms with Crippen LogP contribution < -0.4 is 14.8 Å². The fourth-order valence-electron chi connectivity index (χ4n) is 4.87. The molecule has 1 saturated carbocycles. The smallest absolute Gasteiger partial charge is 0.243 e. The second-order valence-electron chi connectivity index (χ2n) is 9.28. The molecule has 0 bridgehead atoms. The van der Waals surface area contributed by atoms with E-state index in [-0.39, 0.29) is 17.9 Å². The summed E-state index contributed by atoms with van der Waals surface area (Å²) in [4.78, 5) is 28.6. The van der Waals surface area contributed by atoms with Gasteiger partial charge in [0.2, 0.25) is 11.8 Å². The number of hydrogen-bond donors (Lipinski definition) is 1. The average molecular weight is 481 g/mol. The molecule has 0 spiro atoms. The highest BCUT2D eigenvalue weighted by atomic mass is 16.5. The van der Waals surface area contributed by atoms with Gasteiger partial charge >= 0.3 is 0 Å². The summed E-state index contributed by atoms with van der Waals surface area (Å²) in [6.45, 7) is 2.51. The topological polar surface area (TPSA) is 67.9 Å². The molecule has 1 N–H and O–H groups in total. The number of nitrogens with zero attached hydrogens (tertiary/aromatic N) is 1. The van der Waals surface area contributed by atoms with Crippen molar-refractivity contribution in [1.82, 2.24) is 10.2 Å². The van der Waals surface area contributed by atoms with E-state index in [2.05, 4.69) is 17.4 Å². The molecule has 35 heavy (non-hydrogen) atoms. The van der Waals surface area contributed by atoms with Crippen molar-refractivity contribution in [3.8, 4) is 11.5 Å². The Morgan fingerprint density at radius 2 is 1.66 bits per heavy atom. The number of amides is 2. The number of ether oxygens (including phenoxy) is 2. The fraction of sp³-hybridized carbons (Fsp3) is 0.517. The quantitative estimate of drug-likeness (QED) is 0.467. The normalized spacial score (nSPS) is 14.7. The van der Waals surface area contributed by atoms with Gasteiger partial charge in [-0.3, -0.25) is 9.59 Å². The van der Waals surface area contributed by atoms with Crippen LogP contribution in [0.25, 0.3) is 0 Å². The van der Waals surface area contributed by atoms with Crippen molar-refractivity contribution in [2.45, 2.75) is 76.8 Å². The first-order valence-corrected chi connectivity index (χ1v) is 12.9. The second kappa shape index (κ2) is 13.8. The lowest BCUT2D eigenvalue weighted by Crippen LogP contribution is -2.52. The van der Waals surface area contributed by atoms with E-state index in [1.807, 2.05) is 43.3 Å². The minimum Gasteiger partial charge on any atom is -0.493 e. The molecule has 2 amide bonds. The lowest BCUT2D eigenvalue weighted by molar-refractivity contribution is -0.141. The molecule has 1 aliphatic carbocycles. The van der Waals surface area contributed by atoms with E-state index >= 15 is 0 Å². The SMILES string of the molecule is CC[C@@H](C(=O)NC1CCCCC1)N(CCc1ccccc1)C(=O)CCc1ccc(OC)c(OC)c1. The van der Waals surface area contributed by atoms with Crippen LogP contribution in [0.4, 0.5) is 0 Å². The summed E-state index contributed by atoms with van der Waals surface area (Å²) >= 11 is 0. The first-order valence-electron chi connectivity index (χ1n) is 12.9. The summed E-state index contributed by atoms with van der Waals surface area (Å²) < 4.78 is 10.7. The van der Waals surface area contributed by atoms with E-state index in [4.69, 9.17) is 9.47 Å². The number of aryl methyl sites for hydroxylation is 1. The maximum absolute atomic E-state index is 13.5. The van der Waals surface area contributed by atoms with E-state index in [0.717, 1.165) is 43.2 Å². The zero-order chi connectivity index (χ0) is 25.0. The number of rotatable bonds is 12. The largest absolute Gasteiger partial charge is 0.493 e. The third-order valence-electron chi connectivity index (χ3n) is 6.90. The lowest BCUT2D eigenvalue weighted by atomic mass is 9.95. The van der Waals surface area contributed by atoms with Crippen LogP contribution >= 0.6 is 0 Å². The number of methoxy groups -OCH3 is 2. The van der Waals surface area contributed by atoms with Gasteiger partial charge in [0.25, 0.3) is 0 Å². The van der Waals surface area contributed by atoms with Gasteiger partial charge in [0.05, 0.1) is 14.2 Å². The molecule has 6 nitrogen and oxygen atoms in total. The third-order valence-corrected chi connectivity index (χ3v) is 6.90. The van der Waals surface area contributed by atoms with Crippen LogP contribution in [0.15, 0.2) is 48.5 Å². The Morgan fingerprint density at radius 1 is 0.943 bits per heavy atom. The summed E-state index contributed by atoms with van der Waals surface area (Å²) in [7, 11) is 3.21. The average Bonchev–Trinajstić information content (AvgIpc) is 2.90. The van der Waals surface area contributed by atoms with Crippen LogP contribution in [0, 0.1) is 0 Å². The maximum Gasteiger partial charge on any atom is 0.243 e. The van der Waals surface area contributed by atoms with Crippen molar-refractivity contribution in [2.75, 3.05) is 20.8 Å². The van der Waals surface area contributed by atoms with Gasteiger partial charge in [-0.15, -0.1) is 0 Å². The Morgan fingerprint density at radius 3 is 2.31 bits per heavy atom. The fourth-order valence-corrected chi connectivity index (χ4v) is 4.87. The second-order valence-corrected chi connectivity index (χ2v) is 9.28. The summed E-state index contributed by atoms with van der Waals surface area (Å²) in [5, 5.41) is 3.24. The number of nitrogens with one attached hydrogen (secondary N) is 1. The Bertz CT molecular complexity index is 941. The molecule has 6 heteroatoms. The summed E-state index contributed by atoms with van der Waals surface area (Å²) in [5.41, 5.74) is 2.16. The molecule has 0 radical (unpaired) electrons. The van der Waals surface area contributed by atoms with E-state index in [0.29, 0.717) is 37.3 Å². The first kappa shape index (κ1) is 26.6. The highest BCUT2D eigenvalue weighted by Crippen LogP contribution is 2.28. The van der Waals surface area contributed by atoms with Crippen molar-refractivity contribution in [3.63, 3.8) is 0 Å². The Balaban J connectivity index is 1.71. The van der Waals surface area contributed by atoms with E-state index < -0.39 is 6.04 Å². The molecule has 0 saturated heterocycles. The van der Waals surface area contributed by atoms with Gasteiger partial charge in [0, 0.05) is 19.0 Å². The number of carbonyl (C=O) groups is 2. The van der Waals surface area contributed by atoms with Crippen LogP contribution in [-0.4, -0.2) is 49.6 Å². The molecular formula is C29H40N2O4. The van der Waals surface area contributed by atoms with Crippen molar-refractivity contribution in [3.05, 3.63) is 59.7 Å². The Kier molecular flexibility index (Phi) is 10.5. The van der Waals surface area contributed by atoms with Crippen LogP contribution in [0.1, 0.15) is 63.0 Å². The van der Waals surface area contributed by atoms with E-state index in [9.17, 15) is 9.59 Å². The summed E-state index contributed by atoms with van der Waals surface area (Å²) in [5.74, 6) is 1.29. The van der Waals surface area contributed by atoms with Gasteiger partial charge in [-0.25, -0.2) is 0 Å². The van der Waals surface area contributed by atoms with Gasteiger partial charge in [0.1, 0.15) is 6.04 Å². The maximum atomic E-state index is 13.5. The van der Waals surface area contributed by atoms with Crippen molar-refractivity contribution >= 4 is 11.8 Å². The molecule has 0 aliphatic heterocycles. The predicted molar refractivity (Wildman–Crippen MR) is 139 cm³/mol. The molecule has 1 fully saturated rings. The van der Waals surface area contributed by atoms with Gasteiger partial charge in [-0.2, -0.15) is 0 Å². The lowest BCUT2D eigenvalue weighted by Gasteiger charge is -2.33. The van der Waals surface area contributed by atoms with Crippen molar-refractivity contribution in [2.24, 2.45) is 0 Å². The highest BCUT2D eigenvalue weighted by Gasteiger charge is 2.29. The summed E-state index contributed by atoms with van der Waals surface area (Å²) in [6.07, 6.45) is 7.82. The minimum absolute atomic E-state index is 0.00126. The standard InChI is InChI=1S/C29H40N2O4/c1-4-25(29(33)30-24-13-9-6-10-14-24)31(20-19-22-11-7-5-8-12-22)28(32)18-16-23-15-17-26(34-2)27(21-23)35-3/h5,7-8,11-12,15,17,21,24-25H,4,6,9-10,13-14,16,18-20H2,1-3H3,(H,30,33)/t25-/m0/s1. The molecule has 1 atom stereocenters. The summed E-state index contributed by atoms with van der Waals surface area (Å²) in [6, 6.07) is 15.6. The number of hydrogen-bond acceptors (Lipinski definition) is 4. The molecule has 1 aliphatic rings. The van der Waals surface area contributed by atoms with Crippen molar-refractivity contribution in [1.29, 1.82) is 0 Å². The Labute approximate surface area is 210 Å². The number of carbonyl (C=O) groups excluding carboxylic acids is 2. The third kappa shape index (κ3) is 7.74. The highest BCUT2D eigenvalue weighted by molar-refractivity contribution is 5.88. The Hall–Kier alpha value is -3.02. The monoisotopic (exact) mass is 480 g/mol. The number of benzene rings is 2. The molecule has 0 aromatic heterocycles. The van der Waals surface area contributed by atoms with Gasteiger partial charge in [-0.05, 0) is 55.4 Å². The van der Waals surface area contributed by atoms with E-state index in [1.54, 1.807) is 19.1 Å². The van der Waals surface area contributed by atoms with Crippen LogP contribution in [0.3, 0.4) is 0 Å². The molecular weight excluding hydrogens is 440 g/mol. The first-order chi connectivity index (χ1) is 17.0. The zero-order valence-corrected chi connectivity index (χ0v) is 21.4. The van der Waals surface area contributed by atoms with Crippen LogP contribution in [0.5, 0.6) is 11.5 Å². The minimum atomic E-state index is -0.460. The van der Waals surface area contributed by atoms with Gasteiger partial charge < -0.3 is 19.7 Å². The van der Waals surface area contributed by atoms with E-state index in [1.165, 1.54) is 6.42 Å². The molecule has 3 rings (SSSR count). The molecule has 0 heterocycles.